The molecule has 0 aliphatic carbocycles. The van der Waals surface area contributed by atoms with Crippen LogP contribution in [0.4, 0.5) is 0 Å². The van der Waals surface area contributed by atoms with Gasteiger partial charge < -0.3 is 9.52 Å². The smallest absolute Gasteiger partial charge is 0.331 e. The molecule has 0 atom stereocenters. The Balaban J connectivity index is 2.66. The molecule has 2 rings (SSSR count). The Kier molecular flexibility index (Phi) is 2.78. The highest BCUT2D eigenvalue weighted by atomic mass is 16.4. The van der Waals surface area contributed by atoms with Crippen molar-refractivity contribution < 1.29 is 14.3 Å². The van der Waals surface area contributed by atoms with Crippen molar-refractivity contribution >= 4 is 23.0 Å². The Bertz CT molecular complexity index is 664. The zero-order valence-corrected chi connectivity index (χ0v) is 9.14. The van der Waals surface area contributed by atoms with Gasteiger partial charge in [-0.25, -0.2) is 4.79 Å². The SMILES string of the molecule is C/C(=C\c1coc2ccccc2c1=O)C(=O)O. The molecule has 1 N–H and O–H groups in total. The van der Waals surface area contributed by atoms with Crippen molar-refractivity contribution in [3.63, 3.8) is 0 Å². The van der Waals surface area contributed by atoms with Crippen LogP contribution in [0.2, 0.25) is 0 Å². The molecule has 0 amide bonds. The van der Waals surface area contributed by atoms with Gasteiger partial charge in [0.2, 0.25) is 0 Å². The van der Waals surface area contributed by atoms with Gasteiger partial charge in [-0.05, 0) is 25.1 Å². The van der Waals surface area contributed by atoms with Gasteiger partial charge in [0.25, 0.3) is 0 Å². The molecule has 86 valence electrons. The van der Waals surface area contributed by atoms with E-state index in [4.69, 9.17) is 9.52 Å². The molecule has 1 heterocycles. The number of fused-ring (bicyclic) bond motifs is 1. The van der Waals surface area contributed by atoms with E-state index in [1.165, 1.54) is 19.3 Å². The number of para-hydroxylation sites is 1. The normalized spacial score (nSPS) is 11.7. The van der Waals surface area contributed by atoms with Crippen LogP contribution >= 0.6 is 0 Å². The van der Waals surface area contributed by atoms with Crippen LogP contribution in [0.1, 0.15) is 12.5 Å². The number of carboxylic acids is 1. The first-order valence-corrected chi connectivity index (χ1v) is 5.02. The van der Waals surface area contributed by atoms with Crippen molar-refractivity contribution in [2.24, 2.45) is 0 Å². The molecule has 0 unspecified atom stereocenters. The minimum atomic E-state index is -1.06. The van der Waals surface area contributed by atoms with Gasteiger partial charge in [-0.1, -0.05) is 12.1 Å². The molecule has 0 bridgehead atoms. The Morgan fingerprint density at radius 3 is 2.76 bits per heavy atom. The second-order valence-corrected chi connectivity index (χ2v) is 3.65. The molecule has 1 aromatic heterocycles. The van der Waals surface area contributed by atoms with Crippen molar-refractivity contribution in [3.8, 4) is 0 Å². The molecule has 0 aliphatic heterocycles. The Labute approximate surface area is 96.8 Å². The molecular formula is C13H10O4. The number of carboxylic acid groups (broad SMARTS) is 1. The summed E-state index contributed by atoms with van der Waals surface area (Å²) in [6, 6.07) is 6.84. The van der Waals surface area contributed by atoms with E-state index in [1.54, 1.807) is 24.3 Å². The summed E-state index contributed by atoms with van der Waals surface area (Å²) < 4.78 is 5.27. The molecule has 4 nitrogen and oxygen atoms in total. The molecular weight excluding hydrogens is 220 g/mol. The molecule has 0 spiro atoms. The zero-order chi connectivity index (χ0) is 12.4. The molecule has 17 heavy (non-hydrogen) atoms. The van der Waals surface area contributed by atoms with Crippen LogP contribution in [0.25, 0.3) is 17.0 Å². The van der Waals surface area contributed by atoms with Crippen molar-refractivity contribution in [3.05, 3.63) is 51.9 Å². The number of rotatable bonds is 2. The summed E-state index contributed by atoms with van der Waals surface area (Å²) in [6.07, 6.45) is 2.58. The highest BCUT2D eigenvalue weighted by Gasteiger charge is 2.06. The van der Waals surface area contributed by atoms with Gasteiger partial charge in [0.1, 0.15) is 11.8 Å². The first-order valence-electron chi connectivity index (χ1n) is 5.02. The topological polar surface area (TPSA) is 67.5 Å². The predicted molar refractivity (Wildman–Crippen MR) is 63.8 cm³/mol. The monoisotopic (exact) mass is 230 g/mol. The summed E-state index contributed by atoms with van der Waals surface area (Å²) in [4.78, 5) is 22.7. The van der Waals surface area contributed by atoms with Crippen molar-refractivity contribution in [1.29, 1.82) is 0 Å². The highest BCUT2D eigenvalue weighted by Crippen LogP contribution is 2.12. The van der Waals surface area contributed by atoms with Crippen molar-refractivity contribution in [2.75, 3.05) is 0 Å². The molecule has 0 fully saturated rings. The zero-order valence-electron chi connectivity index (χ0n) is 9.14. The lowest BCUT2D eigenvalue weighted by atomic mass is 10.1. The van der Waals surface area contributed by atoms with E-state index < -0.39 is 5.97 Å². The van der Waals surface area contributed by atoms with Gasteiger partial charge in [0, 0.05) is 5.57 Å². The summed E-state index contributed by atoms with van der Waals surface area (Å²) >= 11 is 0. The lowest BCUT2D eigenvalue weighted by Gasteiger charge is -1.98. The molecule has 2 aromatic rings. The molecule has 1 aromatic carbocycles. The maximum atomic E-state index is 12.0. The second-order valence-electron chi connectivity index (χ2n) is 3.65. The summed E-state index contributed by atoms with van der Waals surface area (Å²) in [5.41, 5.74) is 0.589. The maximum absolute atomic E-state index is 12.0. The standard InChI is InChI=1S/C13H10O4/c1-8(13(15)16)6-9-7-17-11-5-3-2-4-10(11)12(9)14/h2-7H,1H3,(H,15,16)/b8-6+. The van der Waals surface area contributed by atoms with Crippen molar-refractivity contribution in [1.82, 2.24) is 0 Å². The average molecular weight is 230 g/mol. The largest absolute Gasteiger partial charge is 0.478 e. The van der Waals surface area contributed by atoms with E-state index in [0.717, 1.165) is 0 Å². The first kappa shape index (κ1) is 11.1. The number of aliphatic carboxylic acids is 1. The fourth-order valence-corrected chi connectivity index (χ4v) is 1.49. The minimum Gasteiger partial charge on any atom is -0.478 e. The van der Waals surface area contributed by atoms with E-state index >= 15 is 0 Å². The number of hydrogen-bond donors (Lipinski definition) is 1. The third-order valence-electron chi connectivity index (χ3n) is 2.42. The summed E-state index contributed by atoms with van der Waals surface area (Å²) in [5, 5.41) is 9.19. The van der Waals surface area contributed by atoms with Gasteiger partial charge in [-0.3, -0.25) is 4.79 Å². The van der Waals surface area contributed by atoms with Gasteiger partial charge in [-0.2, -0.15) is 0 Å². The summed E-state index contributed by atoms with van der Waals surface area (Å²) in [5.74, 6) is -1.06. The van der Waals surface area contributed by atoms with Crippen LogP contribution in [0, 0.1) is 0 Å². The van der Waals surface area contributed by atoms with Crippen LogP contribution in [0.15, 0.2) is 45.3 Å². The fourth-order valence-electron chi connectivity index (χ4n) is 1.49. The quantitative estimate of drug-likeness (QED) is 0.803. The molecule has 4 heteroatoms. The highest BCUT2D eigenvalue weighted by molar-refractivity contribution is 5.92. The third kappa shape index (κ3) is 2.10. The van der Waals surface area contributed by atoms with Crippen LogP contribution in [0.5, 0.6) is 0 Å². The van der Waals surface area contributed by atoms with E-state index in [9.17, 15) is 9.59 Å². The van der Waals surface area contributed by atoms with Crippen molar-refractivity contribution in [2.45, 2.75) is 6.92 Å². The summed E-state index contributed by atoms with van der Waals surface area (Å²) in [7, 11) is 0. The third-order valence-corrected chi connectivity index (χ3v) is 2.42. The van der Waals surface area contributed by atoms with Crippen LogP contribution < -0.4 is 5.43 Å². The number of carbonyl (C=O) groups is 1. The molecule has 0 saturated carbocycles. The van der Waals surface area contributed by atoms with Crippen LogP contribution in [-0.2, 0) is 4.79 Å². The minimum absolute atomic E-state index is 0.0904. The van der Waals surface area contributed by atoms with Gasteiger partial charge >= 0.3 is 5.97 Å². The van der Waals surface area contributed by atoms with E-state index in [-0.39, 0.29) is 16.6 Å². The first-order chi connectivity index (χ1) is 8.09. The molecule has 0 saturated heterocycles. The van der Waals surface area contributed by atoms with Gasteiger partial charge in [0.05, 0.1) is 10.9 Å². The maximum Gasteiger partial charge on any atom is 0.331 e. The lowest BCUT2D eigenvalue weighted by Crippen LogP contribution is -2.06. The Morgan fingerprint density at radius 2 is 2.06 bits per heavy atom. The van der Waals surface area contributed by atoms with E-state index in [1.807, 2.05) is 0 Å². The Hall–Kier alpha value is -2.36. The predicted octanol–water partition coefficient (Wildman–Crippen LogP) is 2.28. The summed E-state index contributed by atoms with van der Waals surface area (Å²) in [6.45, 7) is 1.43. The molecule has 0 radical (unpaired) electrons. The van der Waals surface area contributed by atoms with Gasteiger partial charge in [-0.15, -0.1) is 0 Å². The second kappa shape index (κ2) is 4.25. The van der Waals surface area contributed by atoms with Crippen LogP contribution in [-0.4, -0.2) is 11.1 Å². The lowest BCUT2D eigenvalue weighted by molar-refractivity contribution is -0.132. The van der Waals surface area contributed by atoms with Crippen LogP contribution in [0.3, 0.4) is 0 Å². The molecule has 0 aliphatic rings. The Morgan fingerprint density at radius 1 is 1.35 bits per heavy atom. The fraction of sp³-hybridized carbons (Fsp3) is 0.0769. The van der Waals surface area contributed by atoms with E-state index in [0.29, 0.717) is 11.0 Å². The average Bonchev–Trinajstić information content (AvgIpc) is 2.33. The number of benzene rings is 1. The van der Waals surface area contributed by atoms with Gasteiger partial charge in [0.15, 0.2) is 5.43 Å². The number of hydrogen-bond acceptors (Lipinski definition) is 3. The van der Waals surface area contributed by atoms with E-state index in [2.05, 4.69) is 0 Å².